The lowest BCUT2D eigenvalue weighted by Crippen LogP contribution is -2.45. The zero-order valence-electron chi connectivity index (χ0n) is 9.39. The second-order valence-electron chi connectivity index (χ2n) is 3.72. The summed E-state index contributed by atoms with van der Waals surface area (Å²) >= 11 is 0. The van der Waals surface area contributed by atoms with E-state index in [4.69, 9.17) is 5.73 Å². The van der Waals surface area contributed by atoms with E-state index in [1.165, 1.54) is 0 Å². The summed E-state index contributed by atoms with van der Waals surface area (Å²) in [6, 6.07) is 9.02. The molecule has 4 N–H and O–H groups in total. The quantitative estimate of drug-likeness (QED) is 0.675. The number of benzene rings is 1. The van der Waals surface area contributed by atoms with Gasteiger partial charge in [-0.2, -0.15) is 0 Å². The highest BCUT2D eigenvalue weighted by atomic mass is 16.3. The molecule has 1 unspecified atom stereocenters. The van der Waals surface area contributed by atoms with Crippen LogP contribution in [-0.4, -0.2) is 23.2 Å². The Kier molecular flexibility index (Phi) is 4.95. The van der Waals surface area contributed by atoms with Gasteiger partial charge in [0.05, 0.1) is 0 Å². The monoisotopic (exact) mass is 222 g/mol. The zero-order valence-corrected chi connectivity index (χ0v) is 9.39. The Hall–Kier alpha value is -1.39. The van der Waals surface area contributed by atoms with Gasteiger partial charge in [0.2, 0.25) is 0 Å². The summed E-state index contributed by atoms with van der Waals surface area (Å²) < 4.78 is 0. The predicted molar refractivity (Wildman–Crippen MR) is 62.6 cm³/mol. The molecule has 0 saturated carbocycles. The second kappa shape index (κ2) is 6.25. The minimum Gasteiger partial charge on any atom is -0.382 e. The van der Waals surface area contributed by atoms with Gasteiger partial charge >= 0.3 is 0 Å². The number of carbonyl (C=O) groups excluding carboxylic acids is 1. The van der Waals surface area contributed by atoms with E-state index in [9.17, 15) is 9.90 Å². The van der Waals surface area contributed by atoms with Crippen LogP contribution in [0.4, 0.5) is 0 Å². The van der Waals surface area contributed by atoms with E-state index in [1.54, 1.807) is 0 Å². The number of aliphatic hydroxyl groups excluding tert-OH is 1. The third-order valence-corrected chi connectivity index (χ3v) is 2.46. The van der Waals surface area contributed by atoms with Crippen molar-refractivity contribution >= 4 is 5.91 Å². The van der Waals surface area contributed by atoms with Crippen molar-refractivity contribution in [3.63, 3.8) is 0 Å². The topological polar surface area (TPSA) is 75.3 Å². The third-order valence-electron chi connectivity index (χ3n) is 2.46. The molecule has 1 aromatic carbocycles. The number of hydrogen-bond donors (Lipinski definition) is 3. The van der Waals surface area contributed by atoms with Crippen molar-refractivity contribution in [1.29, 1.82) is 0 Å². The van der Waals surface area contributed by atoms with Gasteiger partial charge in [-0.25, -0.2) is 0 Å². The molecule has 4 heteroatoms. The molecule has 0 spiro atoms. The van der Waals surface area contributed by atoms with Crippen LogP contribution in [0.2, 0.25) is 0 Å². The van der Waals surface area contributed by atoms with E-state index in [0.717, 1.165) is 5.56 Å². The van der Waals surface area contributed by atoms with Gasteiger partial charge in [0.25, 0.3) is 5.91 Å². The van der Waals surface area contributed by atoms with Crippen LogP contribution in [0, 0.1) is 0 Å². The standard InChI is InChI=1S/C12H18N2O2/c1-2-10(13)11(15)12(16)14-8-9-6-4-3-5-7-9/h3-7,10-11,15H,2,8,13H2,1H3,(H,14,16)/t10-,11?/m1/s1. The summed E-state index contributed by atoms with van der Waals surface area (Å²) in [4.78, 5) is 11.5. The van der Waals surface area contributed by atoms with Crippen LogP contribution in [0.3, 0.4) is 0 Å². The first kappa shape index (κ1) is 12.7. The van der Waals surface area contributed by atoms with Crippen LogP contribution >= 0.6 is 0 Å². The maximum absolute atomic E-state index is 11.5. The van der Waals surface area contributed by atoms with Gasteiger partial charge < -0.3 is 16.2 Å². The zero-order chi connectivity index (χ0) is 12.0. The van der Waals surface area contributed by atoms with Crippen molar-refractivity contribution in [2.75, 3.05) is 0 Å². The van der Waals surface area contributed by atoms with Gasteiger partial charge in [0, 0.05) is 12.6 Å². The molecule has 0 aliphatic carbocycles. The Balaban J connectivity index is 2.41. The van der Waals surface area contributed by atoms with Gasteiger partial charge in [-0.1, -0.05) is 37.3 Å². The van der Waals surface area contributed by atoms with E-state index in [-0.39, 0.29) is 0 Å². The number of rotatable bonds is 5. The Morgan fingerprint density at radius 2 is 2.06 bits per heavy atom. The SMILES string of the molecule is CC[C@@H](N)C(O)C(=O)NCc1ccccc1. The molecule has 1 rings (SSSR count). The molecule has 4 nitrogen and oxygen atoms in total. The summed E-state index contributed by atoms with van der Waals surface area (Å²) in [7, 11) is 0. The van der Waals surface area contributed by atoms with Gasteiger partial charge in [0.15, 0.2) is 0 Å². The average molecular weight is 222 g/mol. The molecule has 0 fully saturated rings. The summed E-state index contributed by atoms with van der Waals surface area (Å²) in [5.74, 6) is -0.418. The van der Waals surface area contributed by atoms with E-state index in [0.29, 0.717) is 13.0 Å². The summed E-state index contributed by atoms with van der Waals surface area (Å²) in [6.07, 6.45) is -0.561. The molecule has 0 aliphatic rings. The molecule has 0 heterocycles. The van der Waals surface area contributed by atoms with Crippen LogP contribution in [0.5, 0.6) is 0 Å². The molecular formula is C12H18N2O2. The number of nitrogens with two attached hydrogens (primary N) is 1. The van der Waals surface area contributed by atoms with Crippen molar-refractivity contribution < 1.29 is 9.90 Å². The third kappa shape index (κ3) is 3.64. The highest BCUT2D eigenvalue weighted by Gasteiger charge is 2.20. The van der Waals surface area contributed by atoms with E-state index >= 15 is 0 Å². The molecule has 2 atom stereocenters. The van der Waals surface area contributed by atoms with Crippen LogP contribution in [-0.2, 0) is 11.3 Å². The van der Waals surface area contributed by atoms with Crippen molar-refractivity contribution in [1.82, 2.24) is 5.32 Å². The largest absolute Gasteiger partial charge is 0.382 e. The maximum atomic E-state index is 11.5. The Morgan fingerprint density at radius 3 is 2.62 bits per heavy atom. The molecule has 0 bridgehead atoms. The van der Waals surface area contributed by atoms with Crippen LogP contribution < -0.4 is 11.1 Å². The summed E-state index contributed by atoms with van der Waals surface area (Å²) in [6.45, 7) is 2.24. The molecule has 1 aromatic rings. The number of amides is 1. The highest BCUT2D eigenvalue weighted by Crippen LogP contribution is 1.99. The first-order valence-corrected chi connectivity index (χ1v) is 5.40. The number of hydrogen-bond acceptors (Lipinski definition) is 3. The molecule has 0 saturated heterocycles. The minimum atomic E-state index is -1.13. The van der Waals surface area contributed by atoms with Gasteiger partial charge in [-0.15, -0.1) is 0 Å². The second-order valence-corrected chi connectivity index (χ2v) is 3.72. The summed E-state index contributed by atoms with van der Waals surface area (Å²) in [5, 5.41) is 12.2. The van der Waals surface area contributed by atoms with Crippen LogP contribution in [0.25, 0.3) is 0 Å². The first-order valence-electron chi connectivity index (χ1n) is 5.40. The lowest BCUT2D eigenvalue weighted by Gasteiger charge is -2.16. The number of nitrogens with one attached hydrogen (secondary N) is 1. The molecule has 16 heavy (non-hydrogen) atoms. The average Bonchev–Trinajstić information content (AvgIpc) is 2.35. The Labute approximate surface area is 95.5 Å². The lowest BCUT2D eigenvalue weighted by atomic mass is 10.1. The summed E-state index contributed by atoms with van der Waals surface area (Å²) in [5.41, 5.74) is 6.57. The maximum Gasteiger partial charge on any atom is 0.250 e. The smallest absolute Gasteiger partial charge is 0.250 e. The van der Waals surface area contributed by atoms with Gasteiger partial charge in [-0.05, 0) is 12.0 Å². The van der Waals surface area contributed by atoms with Gasteiger partial charge in [0.1, 0.15) is 6.10 Å². The highest BCUT2D eigenvalue weighted by molar-refractivity contribution is 5.81. The van der Waals surface area contributed by atoms with E-state index in [2.05, 4.69) is 5.32 Å². The van der Waals surface area contributed by atoms with E-state index < -0.39 is 18.1 Å². The van der Waals surface area contributed by atoms with E-state index in [1.807, 2.05) is 37.3 Å². The van der Waals surface area contributed by atoms with Crippen LogP contribution in [0.1, 0.15) is 18.9 Å². The van der Waals surface area contributed by atoms with Crippen LogP contribution in [0.15, 0.2) is 30.3 Å². The van der Waals surface area contributed by atoms with Crippen molar-refractivity contribution in [3.8, 4) is 0 Å². The van der Waals surface area contributed by atoms with Crippen molar-refractivity contribution in [3.05, 3.63) is 35.9 Å². The fourth-order valence-corrected chi connectivity index (χ4v) is 1.31. The predicted octanol–water partition coefficient (Wildman–Crippen LogP) is 0.401. The number of carbonyl (C=O) groups is 1. The number of aliphatic hydroxyl groups is 1. The fourth-order valence-electron chi connectivity index (χ4n) is 1.31. The molecular weight excluding hydrogens is 204 g/mol. The molecule has 1 amide bonds. The fraction of sp³-hybridized carbons (Fsp3) is 0.417. The van der Waals surface area contributed by atoms with Gasteiger partial charge in [-0.3, -0.25) is 4.79 Å². The lowest BCUT2D eigenvalue weighted by molar-refractivity contribution is -0.130. The van der Waals surface area contributed by atoms with Crippen molar-refractivity contribution in [2.24, 2.45) is 5.73 Å². The molecule has 0 radical (unpaired) electrons. The van der Waals surface area contributed by atoms with Crippen molar-refractivity contribution in [2.45, 2.75) is 32.0 Å². The Morgan fingerprint density at radius 1 is 1.44 bits per heavy atom. The normalized spacial score (nSPS) is 14.2. The first-order chi connectivity index (χ1) is 7.65. The molecule has 88 valence electrons. The molecule has 0 aromatic heterocycles. The Bertz CT molecular complexity index is 327. The molecule has 0 aliphatic heterocycles. The minimum absolute atomic E-state index is 0.410.